The number of carbonyl (C=O) groups excluding carboxylic acids is 1. The maximum Gasteiger partial charge on any atom is 0.274 e. The molecule has 1 fully saturated rings. The number of ether oxygens (including phenoxy) is 1. The second kappa shape index (κ2) is 8.12. The average molecular weight is 377 g/mol. The van der Waals surface area contributed by atoms with Gasteiger partial charge < -0.3 is 15.0 Å². The highest BCUT2D eigenvalue weighted by Crippen LogP contribution is 2.31. The van der Waals surface area contributed by atoms with Gasteiger partial charge in [0.1, 0.15) is 17.1 Å². The average Bonchev–Trinajstić information content (AvgIpc) is 3.30. The van der Waals surface area contributed by atoms with Crippen molar-refractivity contribution in [1.29, 1.82) is 0 Å². The third kappa shape index (κ3) is 3.83. The first-order chi connectivity index (χ1) is 13.7. The van der Waals surface area contributed by atoms with Crippen LogP contribution in [0.2, 0.25) is 0 Å². The Morgan fingerprint density at radius 2 is 1.96 bits per heavy atom. The van der Waals surface area contributed by atoms with E-state index in [1.54, 1.807) is 25.4 Å². The highest BCUT2D eigenvalue weighted by atomic mass is 16.5. The van der Waals surface area contributed by atoms with Crippen molar-refractivity contribution < 1.29 is 9.53 Å². The SMILES string of the molecule is COc1cc(N2CCCCC2)ccc1NC(=O)c1cccc(-c2cc[nH]n2)n1. The number of hydrogen-bond donors (Lipinski definition) is 2. The molecule has 1 aliphatic heterocycles. The normalized spacial score (nSPS) is 14.0. The van der Waals surface area contributed by atoms with E-state index in [-0.39, 0.29) is 5.91 Å². The van der Waals surface area contributed by atoms with Crippen molar-refractivity contribution in [3.05, 3.63) is 54.4 Å². The van der Waals surface area contributed by atoms with Gasteiger partial charge in [-0.15, -0.1) is 0 Å². The minimum absolute atomic E-state index is 0.290. The van der Waals surface area contributed by atoms with Crippen molar-refractivity contribution in [2.24, 2.45) is 0 Å². The number of hydrogen-bond acceptors (Lipinski definition) is 5. The summed E-state index contributed by atoms with van der Waals surface area (Å²) in [6, 6.07) is 13.0. The van der Waals surface area contributed by atoms with E-state index in [4.69, 9.17) is 4.74 Å². The Balaban J connectivity index is 1.53. The number of methoxy groups -OCH3 is 1. The largest absolute Gasteiger partial charge is 0.494 e. The van der Waals surface area contributed by atoms with Crippen LogP contribution in [0.25, 0.3) is 11.4 Å². The molecule has 28 heavy (non-hydrogen) atoms. The van der Waals surface area contributed by atoms with Crippen LogP contribution in [0, 0.1) is 0 Å². The summed E-state index contributed by atoms with van der Waals surface area (Å²) in [6.45, 7) is 2.11. The summed E-state index contributed by atoms with van der Waals surface area (Å²) in [5, 5.41) is 9.77. The first-order valence-corrected chi connectivity index (χ1v) is 9.46. The maximum absolute atomic E-state index is 12.7. The van der Waals surface area contributed by atoms with Gasteiger partial charge in [-0.2, -0.15) is 5.10 Å². The van der Waals surface area contributed by atoms with Gasteiger partial charge >= 0.3 is 0 Å². The molecule has 0 saturated carbocycles. The number of piperidine rings is 1. The summed E-state index contributed by atoms with van der Waals surface area (Å²) in [4.78, 5) is 19.5. The van der Waals surface area contributed by atoms with E-state index in [9.17, 15) is 4.79 Å². The highest BCUT2D eigenvalue weighted by molar-refractivity contribution is 6.04. The number of nitrogens with one attached hydrogen (secondary N) is 2. The molecule has 7 heteroatoms. The summed E-state index contributed by atoms with van der Waals surface area (Å²) in [5.74, 6) is 0.348. The third-order valence-electron chi connectivity index (χ3n) is 4.90. The lowest BCUT2D eigenvalue weighted by Gasteiger charge is -2.29. The van der Waals surface area contributed by atoms with Gasteiger partial charge in [-0.1, -0.05) is 6.07 Å². The van der Waals surface area contributed by atoms with Gasteiger partial charge in [0.2, 0.25) is 0 Å². The first-order valence-electron chi connectivity index (χ1n) is 9.46. The molecule has 0 aliphatic carbocycles. The molecular formula is C21H23N5O2. The van der Waals surface area contributed by atoms with Crippen molar-refractivity contribution in [3.8, 4) is 17.1 Å². The molecule has 0 atom stereocenters. The quantitative estimate of drug-likeness (QED) is 0.708. The van der Waals surface area contributed by atoms with Gasteiger partial charge in [0.15, 0.2) is 0 Å². The topological polar surface area (TPSA) is 83.1 Å². The Hall–Kier alpha value is -3.35. The number of benzene rings is 1. The molecule has 2 N–H and O–H groups in total. The lowest BCUT2D eigenvalue weighted by Crippen LogP contribution is -2.29. The van der Waals surface area contributed by atoms with Crippen LogP contribution in [0.4, 0.5) is 11.4 Å². The predicted molar refractivity (Wildman–Crippen MR) is 109 cm³/mol. The zero-order valence-corrected chi connectivity index (χ0v) is 15.8. The van der Waals surface area contributed by atoms with Crippen LogP contribution in [0.5, 0.6) is 5.75 Å². The van der Waals surface area contributed by atoms with Gasteiger partial charge in [0.05, 0.1) is 18.5 Å². The lowest BCUT2D eigenvalue weighted by atomic mass is 10.1. The molecule has 2 aromatic heterocycles. The number of aromatic amines is 1. The van der Waals surface area contributed by atoms with Crippen LogP contribution >= 0.6 is 0 Å². The van der Waals surface area contributed by atoms with E-state index < -0.39 is 0 Å². The minimum atomic E-state index is -0.290. The summed E-state index contributed by atoms with van der Waals surface area (Å²) in [5.41, 5.74) is 3.40. The molecule has 1 aliphatic rings. The molecule has 1 aromatic carbocycles. The van der Waals surface area contributed by atoms with Crippen LogP contribution in [-0.4, -0.2) is 41.3 Å². The van der Waals surface area contributed by atoms with Crippen LogP contribution in [0.15, 0.2) is 48.7 Å². The number of pyridine rings is 1. The lowest BCUT2D eigenvalue weighted by molar-refractivity contribution is 0.102. The number of carbonyl (C=O) groups is 1. The predicted octanol–water partition coefficient (Wildman–Crippen LogP) is 3.72. The number of amides is 1. The molecule has 0 bridgehead atoms. The number of rotatable bonds is 5. The van der Waals surface area contributed by atoms with Gasteiger partial charge in [0, 0.05) is 31.0 Å². The van der Waals surface area contributed by atoms with Crippen molar-refractivity contribution in [3.63, 3.8) is 0 Å². The number of anilines is 2. The smallest absolute Gasteiger partial charge is 0.274 e. The monoisotopic (exact) mass is 377 g/mol. The van der Waals surface area contributed by atoms with Crippen molar-refractivity contribution in [2.45, 2.75) is 19.3 Å². The highest BCUT2D eigenvalue weighted by Gasteiger charge is 2.16. The van der Waals surface area contributed by atoms with E-state index in [1.807, 2.05) is 30.3 Å². The van der Waals surface area contributed by atoms with E-state index in [1.165, 1.54) is 19.3 Å². The Bertz CT molecular complexity index is 949. The third-order valence-corrected chi connectivity index (χ3v) is 4.90. The van der Waals surface area contributed by atoms with Crippen LogP contribution < -0.4 is 15.0 Å². The van der Waals surface area contributed by atoms with Gasteiger partial charge in [0.25, 0.3) is 5.91 Å². The Morgan fingerprint density at radius 1 is 1.11 bits per heavy atom. The zero-order chi connectivity index (χ0) is 19.3. The molecule has 1 saturated heterocycles. The van der Waals surface area contributed by atoms with E-state index >= 15 is 0 Å². The van der Waals surface area contributed by atoms with Crippen molar-refractivity contribution >= 4 is 17.3 Å². The standard InChI is InChI=1S/C21H23N5O2/c1-28-20-14-15(26-12-3-2-4-13-26)8-9-18(20)24-21(27)19-7-5-6-16(23-19)17-10-11-22-25-17/h5-11,14H,2-4,12-13H2,1H3,(H,22,25)(H,24,27). The van der Waals surface area contributed by atoms with Crippen LogP contribution in [0.3, 0.4) is 0 Å². The Morgan fingerprint density at radius 3 is 2.71 bits per heavy atom. The molecule has 7 nitrogen and oxygen atoms in total. The molecule has 3 aromatic rings. The fourth-order valence-electron chi connectivity index (χ4n) is 3.43. The Kier molecular flexibility index (Phi) is 5.23. The molecule has 4 rings (SSSR count). The fraction of sp³-hybridized carbons (Fsp3) is 0.286. The van der Waals surface area contributed by atoms with Crippen molar-refractivity contribution in [2.75, 3.05) is 30.4 Å². The molecule has 144 valence electrons. The first kappa shape index (κ1) is 18.0. The number of H-pyrrole nitrogens is 1. The summed E-state index contributed by atoms with van der Waals surface area (Å²) in [7, 11) is 1.61. The van der Waals surface area contributed by atoms with Gasteiger partial charge in [-0.05, 0) is 49.6 Å². The zero-order valence-electron chi connectivity index (χ0n) is 15.8. The second-order valence-corrected chi connectivity index (χ2v) is 6.75. The Labute approximate surface area is 163 Å². The van der Waals surface area contributed by atoms with Crippen LogP contribution in [-0.2, 0) is 0 Å². The minimum Gasteiger partial charge on any atom is -0.494 e. The second-order valence-electron chi connectivity index (χ2n) is 6.75. The number of aromatic nitrogens is 3. The molecule has 0 radical (unpaired) electrons. The fourth-order valence-corrected chi connectivity index (χ4v) is 3.43. The van der Waals surface area contributed by atoms with E-state index in [2.05, 4.69) is 25.4 Å². The number of nitrogens with zero attached hydrogens (tertiary/aromatic N) is 3. The van der Waals surface area contributed by atoms with E-state index in [0.717, 1.165) is 18.8 Å². The van der Waals surface area contributed by atoms with Crippen LogP contribution in [0.1, 0.15) is 29.8 Å². The van der Waals surface area contributed by atoms with E-state index in [0.29, 0.717) is 28.5 Å². The summed E-state index contributed by atoms with van der Waals surface area (Å²) in [6.07, 6.45) is 5.42. The summed E-state index contributed by atoms with van der Waals surface area (Å²) < 4.78 is 5.52. The molecule has 0 spiro atoms. The molecule has 3 heterocycles. The van der Waals surface area contributed by atoms with Gasteiger partial charge in [-0.25, -0.2) is 4.98 Å². The maximum atomic E-state index is 12.7. The molecular weight excluding hydrogens is 354 g/mol. The molecule has 1 amide bonds. The van der Waals surface area contributed by atoms with Gasteiger partial charge in [-0.3, -0.25) is 9.89 Å². The molecule has 0 unspecified atom stereocenters. The summed E-state index contributed by atoms with van der Waals surface area (Å²) >= 11 is 0. The van der Waals surface area contributed by atoms with Crippen molar-refractivity contribution in [1.82, 2.24) is 15.2 Å².